The zero-order chi connectivity index (χ0) is 13.7. The highest BCUT2D eigenvalue weighted by atomic mass is 127. The lowest BCUT2D eigenvalue weighted by Gasteiger charge is -2.18. The van der Waals surface area contributed by atoms with Gasteiger partial charge in [-0.15, -0.1) is 0 Å². The van der Waals surface area contributed by atoms with E-state index in [-0.39, 0.29) is 17.9 Å². The summed E-state index contributed by atoms with van der Waals surface area (Å²) in [7, 11) is 0. The number of anilines is 1. The number of carbonyl (C=O) groups excluding carboxylic acids is 1. The third kappa shape index (κ3) is 4.15. The van der Waals surface area contributed by atoms with Crippen LogP contribution in [0, 0.1) is 9.49 Å². The van der Waals surface area contributed by atoms with E-state index >= 15 is 0 Å². The second kappa shape index (κ2) is 7.21. The van der Waals surface area contributed by atoms with Crippen LogP contribution in [-0.2, 0) is 9.53 Å². The second-order valence-corrected chi connectivity index (χ2v) is 5.95. The van der Waals surface area contributed by atoms with Gasteiger partial charge in [-0.3, -0.25) is 4.79 Å². The summed E-state index contributed by atoms with van der Waals surface area (Å²) in [6, 6.07) is 7.94. The predicted octanol–water partition coefficient (Wildman–Crippen LogP) is 2.24. The first-order valence-electron chi connectivity index (χ1n) is 6.58. The van der Waals surface area contributed by atoms with Crippen molar-refractivity contribution < 1.29 is 9.53 Å². The summed E-state index contributed by atoms with van der Waals surface area (Å²) >= 11 is 2.23. The molecule has 1 aliphatic heterocycles. The Labute approximate surface area is 127 Å². The van der Waals surface area contributed by atoms with Crippen LogP contribution in [0.1, 0.15) is 13.3 Å². The molecule has 19 heavy (non-hydrogen) atoms. The monoisotopic (exact) mass is 374 g/mol. The molecule has 0 spiro atoms. The second-order valence-electron chi connectivity index (χ2n) is 4.70. The molecule has 2 atom stereocenters. The van der Waals surface area contributed by atoms with Gasteiger partial charge >= 0.3 is 0 Å². The number of nitrogens with one attached hydrogen (secondary N) is 2. The van der Waals surface area contributed by atoms with Gasteiger partial charge in [-0.25, -0.2) is 0 Å². The van der Waals surface area contributed by atoms with E-state index < -0.39 is 0 Å². The van der Waals surface area contributed by atoms with Crippen molar-refractivity contribution in [3.63, 3.8) is 0 Å². The van der Waals surface area contributed by atoms with Gasteiger partial charge < -0.3 is 15.4 Å². The predicted molar refractivity (Wildman–Crippen MR) is 84.2 cm³/mol. The molecule has 0 saturated carbocycles. The summed E-state index contributed by atoms with van der Waals surface area (Å²) in [6.45, 7) is 4.15. The Morgan fingerprint density at radius 1 is 1.47 bits per heavy atom. The van der Waals surface area contributed by atoms with E-state index in [0.29, 0.717) is 13.2 Å². The van der Waals surface area contributed by atoms with E-state index in [4.69, 9.17) is 4.74 Å². The van der Waals surface area contributed by atoms with E-state index in [1.165, 1.54) is 0 Å². The molecule has 0 bridgehead atoms. The molecule has 1 saturated heterocycles. The van der Waals surface area contributed by atoms with E-state index in [9.17, 15) is 4.79 Å². The van der Waals surface area contributed by atoms with Crippen molar-refractivity contribution in [3.8, 4) is 0 Å². The average molecular weight is 374 g/mol. The fourth-order valence-electron chi connectivity index (χ4n) is 2.14. The van der Waals surface area contributed by atoms with Crippen LogP contribution in [0.5, 0.6) is 0 Å². The summed E-state index contributed by atoms with van der Waals surface area (Å²) in [5, 5.41) is 6.34. The van der Waals surface area contributed by atoms with Crippen LogP contribution in [0.4, 0.5) is 5.69 Å². The van der Waals surface area contributed by atoms with Gasteiger partial charge in [0.05, 0.1) is 19.1 Å². The molecule has 2 N–H and O–H groups in total. The molecule has 1 heterocycles. The lowest BCUT2D eigenvalue weighted by molar-refractivity contribution is -0.120. The maximum atomic E-state index is 12.3. The van der Waals surface area contributed by atoms with E-state index in [2.05, 4.69) is 40.1 Å². The SMILES string of the molecule is CCCNC1COCC1C(=O)Nc1cccc(I)c1. The average Bonchev–Trinajstić information content (AvgIpc) is 2.84. The normalized spacial score (nSPS) is 22.4. The van der Waals surface area contributed by atoms with Crippen molar-refractivity contribution in [2.45, 2.75) is 19.4 Å². The highest BCUT2D eigenvalue weighted by Gasteiger charge is 2.33. The molecule has 1 fully saturated rings. The topological polar surface area (TPSA) is 50.4 Å². The van der Waals surface area contributed by atoms with Gasteiger partial charge in [0, 0.05) is 15.3 Å². The van der Waals surface area contributed by atoms with E-state index in [0.717, 1.165) is 22.2 Å². The summed E-state index contributed by atoms with van der Waals surface area (Å²) < 4.78 is 6.53. The lowest BCUT2D eigenvalue weighted by atomic mass is 10.0. The lowest BCUT2D eigenvalue weighted by Crippen LogP contribution is -2.41. The number of rotatable bonds is 5. The fraction of sp³-hybridized carbons (Fsp3) is 0.500. The number of amides is 1. The largest absolute Gasteiger partial charge is 0.379 e. The van der Waals surface area contributed by atoms with Crippen molar-refractivity contribution in [1.82, 2.24) is 5.32 Å². The van der Waals surface area contributed by atoms with Crippen LogP contribution in [-0.4, -0.2) is 31.7 Å². The first-order valence-corrected chi connectivity index (χ1v) is 7.66. The van der Waals surface area contributed by atoms with Crippen molar-refractivity contribution >= 4 is 34.2 Å². The molecule has 1 aromatic carbocycles. The van der Waals surface area contributed by atoms with Gasteiger partial charge in [0.15, 0.2) is 0 Å². The van der Waals surface area contributed by atoms with Gasteiger partial charge in [0.2, 0.25) is 5.91 Å². The number of hydrogen-bond acceptors (Lipinski definition) is 3. The standard InChI is InChI=1S/C14H19IN2O2/c1-2-6-16-13-9-19-8-12(13)14(18)17-11-5-3-4-10(15)7-11/h3-5,7,12-13,16H,2,6,8-9H2,1H3,(H,17,18). The van der Waals surface area contributed by atoms with Crippen molar-refractivity contribution in [2.24, 2.45) is 5.92 Å². The Bertz CT molecular complexity index is 439. The summed E-state index contributed by atoms with van der Waals surface area (Å²) in [5.74, 6) is -0.0717. The molecular weight excluding hydrogens is 355 g/mol. The minimum atomic E-state index is -0.107. The maximum Gasteiger partial charge on any atom is 0.231 e. The van der Waals surface area contributed by atoms with Crippen molar-refractivity contribution in [2.75, 3.05) is 25.1 Å². The smallest absolute Gasteiger partial charge is 0.231 e. The minimum absolute atomic E-state index is 0.0353. The molecule has 104 valence electrons. The van der Waals surface area contributed by atoms with E-state index in [1.54, 1.807) is 0 Å². The molecule has 5 heteroatoms. The van der Waals surface area contributed by atoms with E-state index in [1.807, 2.05) is 24.3 Å². The minimum Gasteiger partial charge on any atom is -0.379 e. The molecule has 4 nitrogen and oxygen atoms in total. The van der Waals surface area contributed by atoms with Gasteiger partial charge in [-0.1, -0.05) is 13.0 Å². The van der Waals surface area contributed by atoms with Gasteiger partial charge in [-0.2, -0.15) is 0 Å². The molecule has 0 aliphatic carbocycles. The molecule has 0 aromatic heterocycles. The summed E-state index contributed by atoms with van der Waals surface area (Å²) in [5.41, 5.74) is 0.845. The van der Waals surface area contributed by atoms with Crippen LogP contribution in [0.3, 0.4) is 0 Å². The van der Waals surface area contributed by atoms with Crippen molar-refractivity contribution in [1.29, 1.82) is 0 Å². The van der Waals surface area contributed by atoms with Crippen LogP contribution < -0.4 is 10.6 Å². The first kappa shape index (κ1) is 14.7. The third-order valence-corrected chi connectivity index (χ3v) is 3.84. The Morgan fingerprint density at radius 2 is 2.32 bits per heavy atom. The summed E-state index contributed by atoms with van der Waals surface area (Å²) in [4.78, 5) is 12.3. The highest BCUT2D eigenvalue weighted by molar-refractivity contribution is 14.1. The van der Waals surface area contributed by atoms with Gasteiger partial charge in [-0.05, 0) is 53.8 Å². The fourth-order valence-corrected chi connectivity index (χ4v) is 2.69. The number of benzene rings is 1. The molecular formula is C14H19IN2O2. The maximum absolute atomic E-state index is 12.3. The summed E-state index contributed by atoms with van der Waals surface area (Å²) in [6.07, 6.45) is 1.06. The first-order chi connectivity index (χ1) is 9.20. The number of carbonyl (C=O) groups is 1. The zero-order valence-electron chi connectivity index (χ0n) is 11.0. The van der Waals surface area contributed by atoms with Crippen LogP contribution in [0.2, 0.25) is 0 Å². The Morgan fingerprint density at radius 3 is 3.05 bits per heavy atom. The molecule has 0 radical (unpaired) electrons. The van der Waals surface area contributed by atoms with Crippen LogP contribution in [0.15, 0.2) is 24.3 Å². The van der Waals surface area contributed by atoms with Crippen LogP contribution in [0.25, 0.3) is 0 Å². The Hall–Kier alpha value is -0.660. The molecule has 1 aromatic rings. The molecule has 2 rings (SSSR count). The molecule has 1 amide bonds. The van der Waals surface area contributed by atoms with Gasteiger partial charge in [0.25, 0.3) is 0 Å². The zero-order valence-corrected chi connectivity index (χ0v) is 13.1. The number of halogens is 1. The molecule has 1 aliphatic rings. The number of ether oxygens (including phenoxy) is 1. The highest BCUT2D eigenvalue weighted by Crippen LogP contribution is 2.18. The number of hydrogen-bond donors (Lipinski definition) is 2. The third-order valence-electron chi connectivity index (χ3n) is 3.17. The Balaban J connectivity index is 1.95. The van der Waals surface area contributed by atoms with Crippen LogP contribution >= 0.6 is 22.6 Å². The van der Waals surface area contributed by atoms with Crippen molar-refractivity contribution in [3.05, 3.63) is 27.8 Å². The molecule has 2 unspecified atom stereocenters. The Kier molecular flexibility index (Phi) is 5.59. The van der Waals surface area contributed by atoms with Gasteiger partial charge in [0.1, 0.15) is 0 Å². The quantitative estimate of drug-likeness (QED) is 0.778.